The van der Waals surface area contributed by atoms with Crippen molar-refractivity contribution < 1.29 is 19.1 Å². The second-order valence-corrected chi connectivity index (χ2v) is 5.77. The molecule has 0 bridgehead atoms. The third-order valence-electron chi connectivity index (χ3n) is 4.16. The van der Waals surface area contributed by atoms with E-state index in [1.807, 2.05) is 24.3 Å². The molecule has 0 spiro atoms. The normalized spacial score (nSPS) is 15.2. The highest BCUT2D eigenvalue weighted by molar-refractivity contribution is 5.98. The standard InChI is InChI=1S/C20H19NO4/c1-3-19(22)21-15-9-7-13-8-10-18(17(13)12-15)25-16-6-4-5-14(11-16)20(23)24-2/h3-7,9,11-12,18H,1,8,10H2,2H3,(H,21,22). The molecule has 5 nitrogen and oxygen atoms in total. The van der Waals surface area contributed by atoms with Crippen molar-refractivity contribution in [1.29, 1.82) is 0 Å². The molecule has 0 radical (unpaired) electrons. The van der Waals surface area contributed by atoms with E-state index in [1.165, 1.54) is 18.7 Å². The second-order valence-electron chi connectivity index (χ2n) is 5.77. The molecule has 0 heterocycles. The lowest BCUT2D eigenvalue weighted by molar-refractivity contribution is -0.111. The molecule has 25 heavy (non-hydrogen) atoms. The summed E-state index contributed by atoms with van der Waals surface area (Å²) in [7, 11) is 1.35. The van der Waals surface area contributed by atoms with E-state index in [2.05, 4.69) is 11.9 Å². The third-order valence-corrected chi connectivity index (χ3v) is 4.16. The number of rotatable bonds is 5. The molecule has 1 unspecified atom stereocenters. The predicted octanol–water partition coefficient (Wildman–Crippen LogP) is 3.66. The summed E-state index contributed by atoms with van der Waals surface area (Å²) in [5.41, 5.74) is 3.41. The van der Waals surface area contributed by atoms with Crippen molar-refractivity contribution >= 4 is 17.6 Å². The molecule has 5 heteroatoms. The van der Waals surface area contributed by atoms with E-state index in [0.29, 0.717) is 17.0 Å². The molecule has 0 saturated carbocycles. The molecule has 2 aromatic rings. The summed E-state index contributed by atoms with van der Waals surface area (Å²) in [6, 6.07) is 12.7. The molecule has 1 atom stereocenters. The molecular formula is C20H19NO4. The number of fused-ring (bicyclic) bond motifs is 1. The number of amides is 1. The molecule has 1 N–H and O–H groups in total. The number of ether oxygens (including phenoxy) is 2. The Labute approximate surface area is 146 Å². The van der Waals surface area contributed by atoms with Crippen LogP contribution in [0, 0.1) is 0 Å². The van der Waals surface area contributed by atoms with Gasteiger partial charge in [-0.2, -0.15) is 0 Å². The van der Waals surface area contributed by atoms with Crippen LogP contribution in [0.5, 0.6) is 5.75 Å². The first kappa shape index (κ1) is 16.8. The number of hydrogen-bond donors (Lipinski definition) is 1. The minimum Gasteiger partial charge on any atom is -0.486 e. The number of carbonyl (C=O) groups is 2. The van der Waals surface area contributed by atoms with E-state index >= 15 is 0 Å². The summed E-state index contributed by atoms with van der Waals surface area (Å²) in [5, 5.41) is 2.76. The minimum absolute atomic E-state index is 0.122. The van der Waals surface area contributed by atoms with Gasteiger partial charge in [0.2, 0.25) is 5.91 Å². The van der Waals surface area contributed by atoms with E-state index in [9.17, 15) is 9.59 Å². The van der Waals surface area contributed by atoms with E-state index in [0.717, 1.165) is 18.4 Å². The molecule has 0 fully saturated rings. The van der Waals surface area contributed by atoms with Gasteiger partial charge in [-0.3, -0.25) is 4.79 Å². The van der Waals surface area contributed by atoms with Gasteiger partial charge < -0.3 is 14.8 Å². The Morgan fingerprint density at radius 1 is 1.24 bits per heavy atom. The Bertz CT molecular complexity index is 828. The SMILES string of the molecule is C=CC(=O)Nc1ccc2c(c1)C(Oc1cccc(C(=O)OC)c1)CC2. The van der Waals surface area contributed by atoms with Gasteiger partial charge in [0, 0.05) is 5.69 Å². The monoisotopic (exact) mass is 337 g/mol. The zero-order valence-corrected chi connectivity index (χ0v) is 14.0. The number of benzene rings is 2. The number of methoxy groups -OCH3 is 1. The molecule has 0 aromatic heterocycles. The van der Waals surface area contributed by atoms with Gasteiger partial charge in [0.25, 0.3) is 0 Å². The van der Waals surface area contributed by atoms with E-state index in [1.54, 1.807) is 18.2 Å². The van der Waals surface area contributed by atoms with Gasteiger partial charge in [-0.15, -0.1) is 0 Å². The Kier molecular flexibility index (Phi) is 4.84. The topological polar surface area (TPSA) is 64.6 Å². The lowest BCUT2D eigenvalue weighted by Crippen LogP contribution is -2.09. The van der Waals surface area contributed by atoms with Crippen LogP contribution in [0.4, 0.5) is 5.69 Å². The van der Waals surface area contributed by atoms with Gasteiger partial charge in [0.15, 0.2) is 0 Å². The van der Waals surface area contributed by atoms with Crippen LogP contribution in [0.1, 0.15) is 34.0 Å². The van der Waals surface area contributed by atoms with E-state index in [-0.39, 0.29) is 12.0 Å². The number of esters is 1. The maximum absolute atomic E-state index is 11.7. The largest absolute Gasteiger partial charge is 0.486 e. The van der Waals surface area contributed by atoms with Crippen LogP contribution >= 0.6 is 0 Å². The first-order valence-electron chi connectivity index (χ1n) is 8.02. The number of anilines is 1. The maximum Gasteiger partial charge on any atom is 0.337 e. The van der Waals surface area contributed by atoms with Crippen molar-refractivity contribution in [3.05, 3.63) is 71.8 Å². The third kappa shape index (κ3) is 3.71. The van der Waals surface area contributed by atoms with E-state index < -0.39 is 5.97 Å². The fourth-order valence-electron chi connectivity index (χ4n) is 2.94. The zero-order valence-electron chi connectivity index (χ0n) is 14.0. The van der Waals surface area contributed by atoms with Crippen LogP contribution in [0.3, 0.4) is 0 Å². The molecule has 0 aliphatic heterocycles. The Morgan fingerprint density at radius 2 is 2.08 bits per heavy atom. The van der Waals surface area contributed by atoms with Crippen LogP contribution in [0.15, 0.2) is 55.1 Å². The van der Waals surface area contributed by atoms with Gasteiger partial charge in [0.05, 0.1) is 12.7 Å². The quantitative estimate of drug-likeness (QED) is 0.668. The average Bonchev–Trinajstić information content (AvgIpc) is 3.03. The first-order chi connectivity index (χ1) is 12.1. The molecule has 128 valence electrons. The molecule has 3 rings (SSSR count). The van der Waals surface area contributed by atoms with Crippen LogP contribution in [0.2, 0.25) is 0 Å². The van der Waals surface area contributed by atoms with Gasteiger partial charge in [-0.1, -0.05) is 18.7 Å². The Hall–Kier alpha value is -3.08. The number of aryl methyl sites for hydroxylation is 1. The van der Waals surface area contributed by atoms with Gasteiger partial charge >= 0.3 is 5.97 Å². The smallest absolute Gasteiger partial charge is 0.337 e. The summed E-state index contributed by atoms with van der Waals surface area (Å²) >= 11 is 0. The average molecular weight is 337 g/mol. The van der Waals surface area contributed by atoms with Crippen LogP contribution in [0.25, 0.3) is 0 Å². The van der Waals surface area contributed by atoms with Crippen LogP contribution in [-0.4, -0.2) is 19.0 Å². The fraction of sp³-hybridized carbons (Fsp3) is 0.200. The minimum atomic E-state index is -0.397. The van der Waals surface area contributed by atoms with Crippen molar-refractivity contribution in [3.63, 3.8) is 0 Å². The van der Waals surface area contributed by atoms with Crippen molar-refractivity contribution in [2.75, 3.05) is 12.4 Å². The number of nitrogens with one attached hydrogen (secondary N) is 1. The zero-order chi connectivity index (χ0) is 17.8. The van der Waals surface area contributed by atoms with Crippen molar-refractivity contribution in [2.24, 2.45) is 0 Å². The predicted molar refractivity (Wildman–Crippen MR) is 94.7 cm³/mol. The fourth-order valence-corrected chi connectivity index (χ4v) is 2.94. The molecule has 1 amide bonds. The van der Waals surface area contributed by atoms with Crippen molar-refractivity contribution in [2.45, 2.75) is 18.9 Å². The molecule has 1 aliphatic carbocycles. The summed E-state index contributed by atoms with van der Waals surface area (Å²) in [6.45, 7) is 3.46. The molecule has 2 aromatic carbocycles. The van der Waals surface area contributed by atoms with Crippen LogP contribution < -0.4 is 10.1 Å². The summed E-state index contributed by atoms with van der Waals surface area (Å²) in [5.74, 6) is -0.0332. The van der Waals surface area contributed by atoms with Crippen molar-refractivity contribution in [1.82, 2.24) is 0 Å². The van der Waals surface area contributed by atoms with Gasteiger partial charge in [-0.05, 0) is 60.4 Å². The lowest BCUT2D eigenvalue weighted by Gasteiger charge is -2.16. The Morgan fingerprint density at radius 3 is 2.84 bits per heavy atom. The molecule has 1 aliphatic rings. The van der Waals surface area contributed by atoms with Gasteiger partial charge in [0.1, 0.15) is 11.9 Å². The Balaban J connectivity index is 1.80. The van der Waals surface area contributed by atoms with E-state index in [4.69, 9.17) is 9.47 Å². The molecule has 0 saturated heterocycles. The highest BCUT2D eigenvalue weighted by Crippen LogP contribution is 2.36. The second kappa shape index (κ2) is 7.21. The van der Waals surface area contributed by atoms with Crippen LogP contribution in [-0.2, 0) is 16.0 Å². The van der Waals surface area contributed by atoms with Gasteiger partial charge in [-0.25, -0.2) is 4.79 Å². The summed E-state index contributed by atoms with van der Waals surface area (Å²) < 4.78 is 10.8. The first-order valence-corrected chi connectivity index (χ1v) is 8.02. The van der Waals surface area contributed by atoms with Crippen molar-refractivity contribution in [3.8, 4) is 5.75 Å². The number of carbonyl (C=O) groups excluding carboxylic acids is 2. The summed E-state index contributed by atoms with van der Waals surface area (Å²) in [4.78, 5) is 23.1. The highest BCUT2D eigenvalue weighted by atomic mass is 16.5. The highest BCUT2D eigenvalue weighted by Gasteiger charge is 2.25. The summed E-state index contributed by atoms with van der Waals surface area (Å²) in [6.07, 6.45) is 2.87. The number of hydrogen-bond acceptors (Lipinski definition) is 4. The molecular weight excluding hydrogens is 318 g/mol. The lowest BCUT2D eigenvalue weighted by atomic mass is 10.1. The maximum atomic E-state index is 11.7.